The van der Waals surface area contributed by atoms with Gasteiger partial charge in [0.1, 0.15) is 0 Å². The fraction of sp³-hybridized carbons (Fsp3) is 0.308. The molecule has 1 fully saturated rings. The van der Waals surface area contributed by atoms with Crippen LogP contribution in [0, 0.1) is 0 Å². The second-order valence-corrected chi connectivity index (χ2v) is 7.91. The summed E-state index contributed by atoms with van der Waals surface area (Å²) in [7, 11) is -2.86. The highest BCUT2D eigenvalue weighted by atomic mass is 32.2. The molecule has 0 amide bonds. The van der Waals surface area contributed by atoms with Crippen molar-refractivity contribution in [2.24, 2.45) is 0 Å². The molecule has 1 aromatic heterocycles. The number of nitrogens with zero attached hydrogens (tertiary/aromatic N) is 1. The van der Waals surface area contributed by atoms with Crippen molar-refractivity contribution >= 4 is 26.9 Å². The van der Waals surface area contributed by atoms with E-state index in [9.17, 15) is 8.42 Å². The molecule has 1 aliphatic rings. The zero-order valence-electron chi connectivity index (χ0n) is 10.2. The number of thiazole rings is 1. The maximum absolute atomic E-state index is 11.5. The van der Waals surface area contributed by atoms with Crippen molar-refractivity contribution in [3.05, 3.63) is 34.7 Å². The number of hydrogen-bond acceptors (Lipinski definition) is 5. The molecule has 2 aromatic rings. The average molecular weight is 294 g/mol. The molecule has 1 aromatic carbocycles. The van der Waals surface area contributed by atoms with Crippen molar-refractivity contribution in [1.29, 1.82) is 0 Å². The molecule has 0 radical (unpaired) electrons. The van der Waals surface area contributed by atoms with E-state index in [0.29, 0.717) is 12.1 Å². The summed E-state index contributed by atoms with van der Waals surface area (Å²) in [5.41, 5.74) is 8.31. The number of aromatic nitrogens is 1. The van der Waals surface area contributed by atoms with E-state index in [1.54, 1.807) is 0 Å². The van der Waals surface area contributed by atoms with Crippen LogP contribution in [0.15, 0.2) is 29.6 Å². The van der Waals surface area contributed by atoms with Gasteiger partial charge < -0.3 is 5.73 Å². The van der Waals surface area contributed by atoms with Gasteiger partial charge in [0.05, 0.1) is 22.2 Å². The Balaban J connectivity index is 1.88. The highest BCUT2D eigenvalue weighted by Gasteiger charge is 2.30. The molecule has 100 valence electrons. The molecule has 0 bridgehead atoms. The normalized spacial score (nSPS) is 21.6. The minimum atomic E-state index is -2.86. The first kappa shape index (κ1) is 12.6. The zero-order valence-corrected chi connectivity index (χ0v) is 11.9. The zero-order chi connectivity index (χ0) is 13.5. The Morgan fingerprint density at radius 1 is 1.37 bits per heavy atom. The van der Waals surface area contributed by atoms with E-state index in [-0.39, 0.29) is 17.4 Å². The SMILES string of the molecule is Nc1cccc(-c2csc(C3CCS(=O)(=O)C3)n2)c1. The number of sulfone groups is 1. The van der Waals surface area contributed by atoms with Gasteiger partial charge in [0.15, 0.2) is 9.84 Å². The minimum Gasteiger partial charge on any atom is -0.399 e. The molecule has 1 aliphatic heterocycles. The third kappa shape index (κ3) is 2.64. The molecule has 4 nitrogen and oxygen atoms in total. The van der Waals surface area contributed by atoms with E-state index in [1.807, 2.05) is 29.6 Å². The largest absolute Gasteiger partial charge is 0.399 e. The number of hydrogen-bond donors (Lipinski definition) is 1. The predicted octanol–water partition coefficient (Wildman–Crippen LogP) is 2.29. The van der Waals surface area contributed by atoms with Crippen LogP contribution in [0.4, 0.5) is 5.69 Å². The number of anilines is 1. The molecule has 2 N–H and O–H groups in total. The summed E-state index contributed by atoms with van der Waals surface area (Å²) in [5, 5.41) is 2.88. The molecule has 1 unspecified atom stereocenters. The quantitative estimate of drug-likeness (QED) is 0.863. The van der Waals surface area contributed by atoms with Crippen molar-refractivity contribution in [3.8, 4) is 11.3 Å². The minimum absolute atomic E-state index is 0.0600. The summed E-state index contributed by atoms with van der Waals surface area (Å²) in [6.45, 7) is 0. The predicted molar refractivity (Wildman–Crippen MR) is 78.0 cm³/mol. The fourth-order valence-electron chi connectivity index (χ4n) is 2.30. The summed E-state index contributed by atoms with van der Waals surface area (Å²) < 4.78 is 23.0. The lowest BCUT2D eigenvalue weighted by Gasteiger charge is -2.02. The van der Waals surface area contributed by atoms with Crippen molar-refractivity contribution in [2.45, 2.75) is 12.3 Å². The summed E-state index contributed by atoms with van der Waals surface area (Å²) in [6, 6.07) is 7.56. The van der Waals surface area contributed by atoms with Gasteiger partial charge in [-0.1, -0.05) is 12.1 Å². The van der Waals surface area contributed by atoms with Crippen LogP contribution in [-0.4, -0.2) is 24.9 Å². The Morgan fingerprint density at radius 2 is 2.21 bits per heavy atom. The monoisotopic (exact) mass is 294 g/mol. The lowest BCUT2D eigenvalue weighted by Crippen LogP contribution is -2.03. The Bertz CT molecular complexity index is 707. The van der Waals surface area contributed by atoms with E-state index in [1.165, 1.54) is 11.3 Å². The second-order valence-electron chi connectivity index (χ2n) is 4.80. The van der Waals surface area contributed by atoms with Gasteiger partial charge in [-0.2, -0.15) is 0 Å². The molecule has 19 heavy (non-hydrogen) atoms. The number of benzene rings is 1. The molecule has 0 saturated carbocycles. The summed E-state index contributed by atoms with van der Waals surface area (Å²) in [4.78, 5) is 4.57. The first-order valence-electron chi connectivity index (χ1n) is 6.05. The first-order valence-corrected chi connectivity index (χ1v) is 8.75. The molecule has 1 saturated heterocycles. The Labute approximate surface area is 116 Å². The molecule has 2 heterocycles. The Morgan fingerprint density at radius 3 is 2.89 bits per heavy atom. The van der Waals surface area contributed by atoms with Crippen LogP contribution in [0.2, 0.25) is 0 Å². The fourth-order valence-corrected chi connectivity index (χ4v) is 5.11. The standard InChI is InChI=1S/C13H14N2O2S2/c14-11-3-1-2-9(6-11)12-7-18-13(15-12)10-4-5-19(16,17)8-10/h1-3,6-7,10H,4-5,8,14H2. The van der Waals surface area contributed by atoms with Crippen LogP contribution in [0.3, 0.4) is 0 Å². The van der Waals surface area contributed by atoms with E-state index in [4.69, 9.17) is 5.73 Å². The van der Waals surface area contributed by atoms with E-state index in [0.717, 1.165) is 16.3 Å². The summed E-state index contributed by atoms with van der Waals surface area (Å²) in [6.07, 6.45) is 0.687. The third-order valence-electron chi connectivity index (χ3n) is 3.29. The van der Waals surface area contributed by atoms with Crippen LogP contribution in [0.1, 0.15) is 17.3 Å². The highest BCUT2D eigenvalue weighted by Crippen LogP contribution is 2.33. The number of nitrogens with two attached hydrogens (primary N) is 1. The lowest BCUT2D eigenvalue weighted by atomic mass is 10.1. The maximum atomic E-state index is 11.5. The molecule has 1 atom stereocenters. The van der Waals surface area contributed by atoms with Crippen molar-refractivity contribution in [3.63, 3.8) is 0 Å². The van der Waals surface area contributed by atoms with Gasteiger partial charge in [0.25, 0.3) is 0 Å². The first-order chi connectivity index (χ1) is 9.03. The van der Waals surface area contributed by atoms with Crippen LogP contribution in [-0.2, 0) is 9.84 Å². The van der Waals surface area contributed by atoms with E-state index >= 15 is 0 Å². The molecule has 3 rings (SSSR count). The molecular formula is C13H14N2O2S2. The van der Waals surface area contributed by atoms with E-state index < -0.39 is 9.84 Å². The third-order valence-corrected chi connectivity index (χ3v) is 6.06. The number of rotatable bonds is 2. The van der Waals surface area contributed by atoms with Crippen LogP contribution in [0.25, 0.3) is 11.3 Å². The van der Waals surface area contributed by atoms with Crippen LogP contribution in [0.5, 0.6) is 0 Å². The van der Waals surface area contributed by atoms with Gasteiger partial charge in [-0.3, -0.25) is 0 Å². The molecule has 0 aliphatic carbocycles. The topological polar surface area (TPSA) is 73.1 Å². The van der Waals surface area contributed by atoms with Crippen molar-refractivity contribution in [1.82, 2.24) is 4.98 Å². The molecular weight excluding hydrogens is 280 g/mol. The van der Waals surface area contributed by atoms with Gasteiger partial charge in [-0.25, -0.2) is 13.4 Å². The average Bonchev–Trinajstić information content (AvgIpc) is 2.95. The highest BCUT2D eigenvalue weighted by molar-refractivity contribution is 7.91. The van der Waals surface area contributed by atoms with Crippen molar-refractivity contribution in [2.75, 3.05) is 17.2 Å². The summed E-state index contributed by atoms with van der Waals surface area (Å²) in [5.74, 6) is 0.576. The Kier molecular flexibility index (Phi) is 3.06. The molecule has 6 heteroatoms. The van der Waals surface area contributed by atoms with Crippen LogP contribution >= 0.6 is 11.3 Å². The lowest BCUT2D eigenvalue weighted by molar-refractivity contribution is 0.601. The Hall–Kier alpha value is -1.40. The van der Waals surface area contributed by atoms with Gasteiger partial charge in [0, 0.05) is 22.5 Å². The second kappa shape index (κ2) is 4.61. The smallest absolute Gasteiger partial charge is 0.151 e. The van der Waals surface area contributed by atoms with Crippen molar-refractivity contribution < 1.29 is 8.42 Å². The van der Waals surface area contributed by atoms with Gasteiger partial charge in [-0.15, -0.1) is 11.3 Å². The van der Waals surface area contributed by atoms with Crippen LogP contribution < -0.4 is 5.73 Å². The van der Waals surface area contributed by atoms with Gasteiger partial charge >= 0.3 is 0 Å². The molecule has 0 spiro atoms. The summed E-state index contributed by atoms with van der Waals surface area (Å²) >= 11 is 1.53. The van der Waals surface area contributed by atoms with Gasteiger partial charge in [0.2, 0.25) is 0 Å². The maximum Gasteiger partial charge on any atom is 0.151 e. The number of nitrogen functional groups attached to an aromatic ring is 1. The van der Waals surface area contributed by atoms with E-state index in [2.05, 4.69) is 4.98 Å². The van der Waals surface area contributed by atoms with Gasteiger partial charge in [-0.05, 0) is 18.6 Å².